The lowest BCUT2D eigenvalue weighted by Crippen LogP contribution is -2.45. The SMILES string of the molecule is CC(C)(C)OC(=O)N1CCn2c(C3CC3)nc(Cl)c2C1CCc1ccc(Cl)c(F)c1. The Morgan fingerprint density at radius 2 is 2.00 bits per heavy atom. The molecule has 0 saturated heterocycles. The maximum atomic E-state index is 13.9. The van der Waals surface area contributed by atoms with Gasteiger partial charge < -0.3 is 9.30 Å². The number of aryl methyl sites for hydroxylation is 1. The molecule has 30 heavy (non-hydrogen) atoms. The highest BCUT2D eigenvalue weighted by molar-refractivity contribution is 6.30. The van der Waals surface area contributed by atoms with Gasteiger partial charge in [-0.1, -0.05) is 29.3 Å². The fraction of sp³-hybridized carbons (Fsp3) is 0.545. The average molecular weight is 454 g/mol. The summed E-state index contributed by atoms with van der Waals surface area (Å²) < 4.78 is 21.7. The van der Waals surface area contributed by atoms with Crippen molar-refractivity contribution in [2.24, 2.45) is 0 Å². The Hall–Kier alpha value is -1.79. The van der Waals surface area contributed by atoms with Crippen LogP contribution in [0.3, 0.4) is 0 Å². The van der Waals surface area contributed by atoms with Crippen molar-refractivity contribution < 1.29 is 13.9 Å². The monoisotopic (exact) mass is 453 g/mol. The lowest BCUT2D eigenvalue weighted by molar-refractivity contribution is 0.00948. The van der Waals surface area contributed by atoms with E-state index in [9.17, 15) is 9.18 Å². The van der Waals surface area contributed by atoms with Crippen LogP contribution in [0, 0.1) is 5.82 Å². The van der Waals surface area contributed by atoms with Crippen LogP contribution in [0.15, 0.2) is 18.2 Å². The highest BCUT2D eigenvalue weighted by atomic mass is 35.5. The molecule has 1 unspecified atom stereocenters. The fourth-order valence-electron chi connectivity index (χ4n) is 4.00. The Morgan fingerprint density at radius 1 is 1.27 bits per heavy atom. The molecule has 2 aromatic rings. The van der Waals surface area contributed by atoms with E-state index >= 15 is 0 Å². The maximum absolute atomic E-state index is 13.9. The van der Waals surface area contributed by atoms with Crippen LogP contribution >= 0.6 is 23.2 Å². The number of ether oxygens (including phenoxy) is 1. The molecule has 1 amide bonds. The number of carbonyl (C=O) groups is 1. The molecule has 2 aliphatic rings. The Labute approximate surface area is 186 Å². The Balaban J connectivity index is 1.64. The van der Waals surface area contributed by atoms with E-state index < -0.39 is 11.4 Å². The number of fused-ring (bicyclic) bond motifs is 1. The minimum absolute atomic E-state index is 0.0991. The highest BCUT2D eigenvalue weighted by Gasteiger charge is 2.40. The normalized spacial score (nSPS) is 19.0. The molecule has 1 fully saturated rings. The van der Waals surface area contributed by atoms with Gasteiger partial charge in [-0.3, -0.25) is 4.90 Å². The van der Waals surface area contributed by atoms with Crippen molar-refractivity contribution in [3.63, 3.8) is 0 Å². The van der Waals surface area contributed by atoms with Crippen LogP contribution in [0.25, 0.3) is 0 Å². The van der Waals surface area contributed by atoms with Crippen molar-refractivity contribution in [2.45, 2.75) is 70.6 Å². The number of carbonyl (C=O) groups excluding carboxylic acids is 1. The number of aromatic nitrogens is 2. The third-order valence-corrected chi connectivity index (χ3v) is 6.09. The summed E-state index contributed by atoms with van der Waals surface area (Å²) in [5.41, 5.74) is 1.07. The number of imidazole rings is 1. The lowest BCUT2D eigenvalue weighted by Gasteiger charge is -2.38. The number of halogens is 3. The van der Waals surface area contributed by atoms with Crippen molar-refractivity contribution in [3.05, 3.63) is 51.3 Å². The molecule has 4 rings (SSSR count). The molecular weight excluding hydrogens is 428 g/mol. The van der Waals surface area contributed by atoms with Crippen molar-refractivity contribution in [3.8, 4) is 0 Å². The Bertz CT molecular complexity index is 966. The third kappa shape index (κ3) is 4.45. The zero-order chi connectivity index (χ0) is 21.6. The fourth-order valence-corrected chi connectivity index (χ4v) is 4.43. The summed E-state index contributed by atoms with van der Waals surface area (Å²) in [5, 5.41) is 0.541. The van der Waals surface area contributed by atoms with Crippen LogP contribution in [0.4, 0.5) is 9.18 Å². The van der Waals surface area contributed by atoms with Gasteiger partial charge in [0, 0.05) is 19.0 Å². The summed E-state index contributed by atoms with van der Waals surface area (Å²) in [5.74, 6) is 1.03. The molecule has 1 aliphatic heterocycles. The van der Waals surface area contributed by atoms with Gasteiger partial charge in [-0.05, 0) is 64.2 Å². The summed E-state index contributed by atoms with van der Waals surface area (Å²) in [4.78, 5) is 19.3. The van der Waals surface area contributed by atoms with Crippen molar-refractivity contribution in [2.75, 3.05) is 6.54 Å². The summed E-state index contributed by atoms with van der Waals surface area (Å²) in [6.07, 6.45) is 3.02. The first-order valence-electron chi connectivity index (χ1n) is 10.3. The predicted octanol–water partition coefficient (Wildman–Crippen LogP) is 6.13. The standard InChI is InChI=1S/C22H26Cl2FN3O2/c1-22(2,3)30-21(29)27-10-11-28-18(19(24)26-20(28)14-6-7-14)17(27)9-5-13-4-8-15(23)16(25)12-13/h4,8,12,14,17H,5-7,9-11H2,1-3H3. The summed E-state index contributed by atoms with van der Waals surface area (Å²) in [7, 11) is 0. The third-order valence-electron chi connectivity index (χ3n) is 5.51. The number of hydrogen-bond acceptors (Lipinski definition) is 3. The smallest absolute Gasteiger partial charge is 0.410 e. The second-order valence-electron chi connectivity index (χ2n) is 9.05. The molecule has 162 valence electrons. The molecule has 0 spiro atoms. The van der Waals surface area contributed by atoms with E-state index in [1.807, 2.05) is 20.8 Å². The van der Waals surface area contributed by atoms with E-state index in [0.717, 1.165) is 29.9 Å². The van der Waals surface area contributed by atoms with Gasteiger partial charge in [-0.15, -0.1) is 0 Å². The molecule has 2 heterocycles. The second kappa shape index (κ2) is 8.04. The van der Waals surface area contributed by atoms with Gasteiger partial charge in [0.2, 0.25) is 0 Å². The quantitative estimate of drug-likeness (QED) is 0.558. The van der Waals surface area contributed by atoms with E-state index in [0.29, 0.717) is 37.0 Å². The maximum Gasteiger partial charge on any atom is 0.410 e. The van der Waals surface area contributed by atoms with Gasteiger partial charge in [0.1, 0.15) is 17.2 Å². The molecule has 0 N–H and O–H groups in total. The number of amides is 1. The molecular formula is C22H26Cl2FN3O2. The average Bonchev–Trinajstić information content (AvgIpc) is 3.45. The molecule has 1 saturated carbocycles. The first-order chi connectivity index (χ1) is 14.1. The predicted molar refractivity (Wildman–Crippen MR) is 115 cm³/mol. The number of nitrogens with zero attached hydrogens (tertiary/aromatic N) is 3. The summed E-state index contributed by atoms with van der Waals surface area (Å²) in [6.45, 7) is 6.72. The molecule has 1 aromatic carbocycles. The number of rotatable bonds is 4. The Morgan fingerprint density at radius 3 is 2.63 bits per heavy atom. The second-order valence-corrected chi connectivity index (χ2v) is 9.81. The number of benzene rings is 1. The van der Waals surface area contributed by atoms with Crippen molar-refractivity contribution >= 4 is 29.3 Å². The van der Waals surface area contributed by atoms with Gasteiger partial charge in [0.15, 0.2) is 5.15 Å². The molecule has 5 nitrogen and oxygen atoms in total. The van der Waals surface area contributed by atoms with E-state index in [1.165, 1.54) is 6.07 Å². The largest absolute Gasteiger partial charge is 0.444 e. The zero-order valence-electron chi connectivity index (χ0n) is 17.4. The molecule has 1 atom stereocenters. The van der Waals surface area contributed by atoms with Gasteiger partial charge in [-0.25, -0.2) is 14.2 Å². The van der Waals surface area contributed by atoms with Gasteiger partial charge in [0.25, 0.3) is 0 Å². The van der Waals surface area contributed by atoms with E-state index in [4.69, 9.17) is 27.9 Å². The van der Waals surface area contributed by atoms with Crippen LogP contribution in [0.5, 0.6) is 0 Å². The summed E-state index contributed by atoms with van der Waals surface area (Å²) >= 11 is 12.4. The molecule has 0 bridgehead atoms. The number of hydrogen-bond donors (Lipinski definition) is 0. The minimum atomic E-state index is -0.596. The topological polar surface area (TPSA) is 47.4 Å². The van der Waals surface area contributed by atoms with Gasteiger partial charge in [-0.2, -0.15) is 0 Å². The molecule has 1 aliphatic carbocycles. The van der Waals surface area contributed by atoms with Crippen LogP contribution in [0.1, 0.15) is 69.1 Å². The molecule has 8 heteroatoms. The van der Waals surface area contributed by atoms with Crippen molar-refractivity contribution in [1.82, 2.24) is 14.5 Å². The van der Waals surface area contributed by atoms with Crippen molar-refractivity contribution in [1.29, 1.82) is 0 Å². The van der Waals surface area contributed by atoms with Crippen LogP contribution < -0.4 is 0 Å². The molecule has 0 radical (unpaired) electrons. The lowest BCUT2D eigenvalue weighted by atomic mass is 10.00. The van der Waals surface area contributed by atoms with Crippen LogP contribution in [-0.2, 0) is 17.7 Å². The molecule has 1 aromatic heterocycles. The van der Waals surface area contributed by atoms with Gasteiger partial charge >= 0.3 is 6.09 Å². The summed E-state index contributed by atoms with van der Waals surface area (Å²) in [6, 6.07) is 4.51. The van der Waals surface area contributed by atoms with Gasteiger partial charge in [0.05, 0.1) is 16.8 Å². The first-order valence-corrected chi connectivity index (χ1v) is 11.1. The highest BCUT2D eigenvalue weighted by Crippen LogP contribution is 2.44. The van der Waals surface area contributed by atoms with Crippen LogP contribution in [0.2, 0.25) is 10.2 Å². The van der Waals surface area contributed by atoms with E-state index in [-0.39, 0.29) is 17.2 Å². The van der Waals surface area contributed by atoms with E-state index in [1.54, 1.807) is 17.0 Å². The first kappa shape index (κ1) is 21.4. The van der Waals surface area contributed by atoms with E-state index in [2.05, 4.69) is 9.55 Å². The zero-order valence-corrected chi connectivity index (χ0v) is 18.9. The van der Waals surface area contributed by atoms with Crippen LogP contribution in [-0.4, -0.2) is 32.7 Å². The Kier molecular flexibility index (Phi) is 5.75. The minimum Gasteiger partial charge on any atom is -0.444 e.